The van der Waals surface area contributed by atoms with Crippen molar-refractivity contribution >= 4 is 16.1 Å². The first-order chi connectivity index (χ1) is 9.45. The summed E-state index contributed by atoms with van der Waals surface area (Å²) in [6.07, 6.45) is 10.8. The Bertz CT molecular complexity index is 345. The molecular weight excluding hydrogens is 319 g/mol. The predicted molar refractivity (Wildman–Crippen MR) is 81.0 cm³/mol. The van der Waals surface area contributed by atoms with Crippen LogP contribution < -0.4 is 29.6 Å². The molecule has 0 unspecified atom stereocenters. The molecule has 0 aliphatic carbocycles. The van der Waals surface area contributed by atoms with Gasteiger partial charge in [-0.3, -0.25) is 4.79 Å². The quantitative estimate of drug-likeness (QED) is 0.187. The molecule has 0 bridgehead atoms. The fraction of sp³-hybridized carbons (Fsp3) is 0.929. The van der Waals surface area contributed by atoms with Crippen molar-refractivity contribution in [1.29, 1.82) is 0 Å². The topological polar surface area (TPSA) is 115 Å². The van der Waals surface area contributed by atoms with Gasteiger partial charge >= 0.3 is 35.5 Å². The molecule has 0 amide bonds. The summed E-state index contributed by atoms with van der Waals surface area (Å²) < 4.78 is 35.5. The Morgan fingerprint density at radius 3 is 1.86 bits per heavy atom. The maximum absolute atomic E-state index is 11.2. The van der Waals surface area contributed by atoms with E-state index in [-0.39, 0.29) is 41.6 Å². The number of hydrogen-bond acceptors (Lipinski definition) is 5. The molecule has 0 rings (SSSR count). The van der Waals surface area contributed by atoms with Crippen LogP contribution in [-0.2, 0) is 19.6 Å². The Morgan fingerprint density at radius 2 is 1.41 bits per heavy atom. The van der Waals surface area contributed by atoms with Crippen LogP contribution in [0.4, 0.5) is 0 Å². The van der Waals surface area contributed by atoms with Crippen LogP contribution in [0.3, 0.4) is 0 Å². The van der Waals surface area contributed by atoms with Crippen molar-refractivity contribution in [3.05, 3.63) is 0 Å². The average Bonchev–Trinajstić information content (AvgIpc) is 2.35. The van der Waals surface area contributed by atoms with Crippen LogP contribution in [0.1, 0.15) is 71.1 Å². The molecule has 0 aliphatic heterocycles. The molecule has 2 N–H and O–H groups in total. The van der Waals surface area contributed by atoms with Gasteiger partial charge in [-0.25, -0.2) is 8.42 Å². The summed E-state index contributed by atoms with van der Waals surface area (Å²) in [6, 6.07) is 0. The molecule has 0 aliphatic rings. The van der Waals surface area contributed by atoms with Gasteiger partial charge in [0.1, 0.15) is 6.61 Å². The first-order valence-electron chi connectivity index (χ1n) is 7.55. The van der Waals surface area contributed by atoms with Crippen LogP contribution in [0, 0.1) is 0 Å². The number of ether oxygens (including phenoxy) is 1. The minimum Gasteiger partial charge on any atom is -0.748 e. The van der Waals surface area contributed by atoms with E-state index in [1.54, 1.807) is 0 Å². The number of unbranched alkanes of at least 4 members (excludes halogenated alkanes) is 8. The van der Waals surface area contributed by atoms with Crippen molar-refractivity contribution in [3.8, 4) is 0 Å². The van der Waals surface area contributed by atoms with E-state index in [0.717, 1.165) is 19.3 Å². The molecule has 0 aromatic rings. The summed E-state index contributed by atoms with van der Waals surface area (Å²) >= 11 is 0. The third-order valence-corrected chi connectivity index (χ3v) is 3.75. The smallest absolute Gasteiger partial charge is 0.748 e. The molecular formula is C14H29NaO6S. The van der Waals surface area contributed by atoms with E-state index in [2.05, 4.69) is 11.7 Å². The van der Waals surface area contributed by atoms with Crippen LogP contribution in [0.2, 0.25) is 0 Å². The molecule has 0 aromatic carbocycles. The van der Waals surface area contributed by atoms with Crippen molar-refractivity contribution in [2.45, 2.75) is 71.1 Å². The van der Waals surface area contributed by atoms with Crippen LogP contribution in [0.5, 0.6) is 0 Å². The average molecular weight is 348 g/mol. The van der Waals surface area contributed by atoms with Gasteiger partial charge in [-0.15, -0.1) is 0 Å². The third-order valence-electron chi connectivity index (χ3n) is 3.08. The monoisotopic (exact) mass is 348 g/mol. The number of carbonyl (C=O) groups excluding carboxylic acids is 1. The second kappa shape index (κ2) is 17.7. The number of hydrogen-bond donors (Lipinski definition) is 0. The van der Waals surface area contributed by atoms with Crippen molar-refractivity contribution in [2.24, 2.45) is 0 Å². The predicted octanol–water partition coefficient (Wildman–Crippen LogP) is -0.825. The molecule has 0 heterocycles. The Kier molecular flexibility index (Phi) is 21.9. The molecule has 0 aromatic heterocycles. The zero-order valence-corrected chi connectivity index (χ0v) is 16.8. The van der Waals surface area contributed by atoms with E-state index in [1.165, 1.54) is 38.5 Å². The maximum atomic E-state index is 11.2. The van der Waals surface area contributed by atoms with Gasteiger partial charge in [-0.1, -0.05) is 58.3 Å². The SMILES string of the molecule is CCCCCCCCCCCC(=O)OCCS(=O)(=O)[O-].O.[Na+]. The van der Waals surface area contributed by atoms with Gasteiger partial charge < -0.3 is 14.8 Å². The second-order valence-electron chi connectivity index (χ2n) is 5.06. The molecule has 22 heavy (non-hydrogen) atoms. The standard InChI is InChI=1S/C14H28O5S.Na.H2O/c1-2-3-4-5-6-7-8-9-10-11-14(15)19-12-13-20(16,17)18;;/h2-13H2,1H3,(H,16,17,18);;1H2/q;+1;/p-1. The van der Waals surface area contributed by atoms with E-state index in [4.69, 9.17) is 0 Å². The van der Waals surface area contributed by atoms with Crippen molar-refractivity contribution in [1.82, 2.24) is 0 Å². The van der Waals surface area contributed by atoms with E-state index in [9.17, 15) is 17.8 Å². The molecule has 0 atom stereocenters. The molecule has 0 fully saturated rings. The van der Waals surface area contributed by atoms with Gasteiger partial charge in [0.25, 0.3) is 0 Å². The van der Waals surface area contributed by atoms with E-state index < -0.39 is 21.8 Å². The fourth-order valence-corrected chi connectivity index (χ4v) is 2.20. The molecule has 6 nitrogen and oxygen atoms in total. The van der Waals surface area contributed by atoms with Gasteiger partial charge in [0.15, 0.2) is 0 Å². The van der Waals surface area contributed by atoms with E-state index >= 15 is 0 Å². The number of carbonyl (C=O) groups is 1. The summed E-state index contributed by atoms with van der Waals surface area (Å²) in [5, 5.41) is 0. The van der Waals surface area contributed by atoms with Gasteiger partial charge in [-0.05, 0) is 6.42 Å². The van der Waals surface area contributed by atoms with Crippen molar-refractivity contribution < 1.29 is 57.5 Å². The van der Waals surface area contributed by atoms with Gasteiger partial charge in [0.05, 0.1) is 15.9 Å². The van der Waals surface area contributed by atoms with Crippen LogP contribution in [0.25, 0.3) is 0 Å². The molecule has 0 saturated carbocycles. The molecule has 0 radical (unpaired) electrons. The Hall–Kier alpha value is 0.340. The summed E-state index contributed by atoms with van der Waals surface area (Å²) in [7, 11) is -4.29. The zero-order chi connectivity index (χ0) is 15.3. The van der Waals surface area contributed by atoms with Crippen LogP contribution in [-0.4, -0.2) is 36.8 Å². The largest absolute Gasteiger partial charge is 1.00 e. The summed E-state index contributed by atoms with van der Waals surface area (Å²) in [5.41, 5.74) is 0. The minimum atomic E-state index is -4.29. The van der Waals surface area contributed by atoms with Crippen LogP contribution in [0.15, 0.2) is 0 Å². The minimum absolute atomic E-state index is 0. The number of rotatable bonds is 13. The van der Waals surface area contributed by atoms with Gasteiger partial charge in [-0.2, -0.15) is 0 Å². The Morgan fingerprint density at radius 1 is 0.955 bits per heavy atom. The first-order valence-corrected chi connectivity index (χ1v) is 9.12. The Labute approximate surface area is 156 Å². The van der Waals surface area contributed by atoms with Crippen molar-refractivity contribution in [2.75, 3.05) is 12.4 Å². The molecule has 0 saturated heterocycles. The molecule has 8 heteroatoms. The van der Waals surface area contributed by atoms with Gasteiger partial charge in [0, 0.05) is 6.42 Å². The normalized spacial score (nSPS) is 10.5. The summed E-state index contributed by atoms with van der Waals surface area (Å²) in [4.78, 5) is 11.2. The second-order valence-corrected chi connectivity index (χ2v) is 6.58. The maximum Gasteiger partial charge on any atom is 1.00 e. The van der Waals surface area contributed by atoms with Crippen molar-refractivity contribution in [3.63, 3.8) is 0 Å². The van der Waals surface area contributed by atoms with Gasteiger partial charge in [0.2, 0.25) is 0 Å². The molecule has 128 valence electrons. The summed E-state index contributed by atoms with van der Waals surface area (Å²) in [5.74, 6) is -1.06. The fourth-order valence-electron chi connectivity index (χ4n) is 1.91. The first kappa shape index (κ1) is 27.2. The van der Waals surface area contributed by atoms with Crippen LogP contribution >= 0.6 is 0 Å². The van der Waals surface area contributed by atoms with E-state index in [0.29, 0.717) is 6.42 Å². The summed E-state index contributed by atoms with van der Waals surface area (Å²) in [6.45, 7) is 1.87. The zero-order valence-electron chi connectivity index (χ0n) is 13.9. The number of esters is 1. The molecule has 0 spiro atoms. The van der Waals surface area contributed by atoms with E-state index in [1.807, 2.05) is 0 Å². The Balaban J connectivity index is -0.00000180. The third kappa shape index (κ3) is 22.6.